The van der Waals surface area contributed by atoms with E-state index >= 15 is 0 Å². The number of hydrogen-bond acceptors (Lipinski definition) is 2. The summed E-state index contributed by atoms with van der Waals surface area (Å²) in [5.41, 5.74) is 0.880. The van der Waals surface area contributed by atoms with E-state index in [1.54, 1.807) is 6.20 Å². The van der Waals surface area contributed by atoms with Gasteiger partial charge in [0.25, 0.3) is 0 Å². The van der Waals surface area contributed by atoms with Gasteiger partial charge in [0.05, 0.1) is 5.70 Å². The molecule has 0 aromatic rings. The molecular weight excluding hydrogens is 112 g/mol. The van der Waals surface area contributed by atoms with Gasteiger partial charge in [0.2, 0.25) is 0 Å². The lowest BCUT2D eigenvalue weighted by Gasteiger charge is -2.00. The summed E-state index contributed by atoms with van der Waals surface area (Å²) in [7, 11) is 0. The molecule has 0 aliphatic rings. The van der Waals surface area contributed by atoms with Crippen molar-refractivity contribution in [3.63, 3.8) is 0 Å². The van der Waals surface area contributed by atoms with Gasteiger partial charge in [-0.05, 0) is 19.4 Å². The Morgan fingerprint density at radius 2 is 2.00 bits per heavy atom. The molecule has 0 aliphatic carbocycles. The summed E-state index contributed by atoms with van der Waals surface area (Å²) in [6.45, 7) is 10.8. The SMILES string of the molecule is C=N/C=C(\N=C)C(C)C. The molecule has 2 heteroatoms. The van der Waals surface area contributed by atoms with Crippen molar-refractivity contribution in [2.75, 3.05) is 0 Å². The number of hydrogen-bond donors (Lipinski definition) is 0. The fourth-order valence-corrected chi connectivity index (χ4v) is 0.466. The van der Waals surface area contributed by atoms with Gasteiger partial charge in [-0.3, -0.25) is 9.98 Å². The van der Waals surface area contributed by atoms with Crippen molar-refractivity contribution in [3.8, 4) is 0 Å². The van der Waals surface area contributed by atoms with Crippen LogP contribution in [-0.2, 0) is 0 Å². The van der Waals surface area contributed by atoms with E-state index in [2.05, 4.69) is 23.4 Å². The standard InChI is InChI=1S/C7H12N2/c1-6(2)7(9-4)5-8-3/h5-6H,3-4H2,1-2H3/b7-5-. The molecule has 0 saturated carbocycles. The predicted molar refractivity (Wildman–Crippen MR) is 42.0 cm³/mol. The Bertz CT molecular complexity index is 134. The van der Waals surface area contributed by atoms with Crippen molar-refractivity contribution in [2.45, 2.75) is 13.8 Å². The van der Waals surface area contributed by atoms with E-state index in [0.717, 1.165) is 5.70 Å². The molecule has 0 aromatic heterocycles. The molecule has 0 N–H and O–H groups in total. The van der Waals surface area contributed by atoms with Crippen LogP contribution in [0.4, 0.5) is 0 Å². The molecular formula is C7H12N2. The third-order valence-electron chi connectivity index (χ3n) is 0.998. The van der Waals surface area contributed by atoms with Gasteiger partial charge in [0, 0.05) is 6.20 Å². The van der Waals surface area contributed by atoms with Crippen molar-refractivity contribution >= 4 is 13.4 Å². The Morgan fingerprint density at radius 1 is 1.44 bits per heavy atom. The highest BCUT2D eigenvalue weighted by molar-refractivity contribution is 5.31. The monoisotopic (exact) mass is 124 g/mol. The summed E-state index contributed by atoms with van der Waals surface area (Å²) in [6.07, 6.45) is 1.62. The summed E-state index contributed by atoms with van der Waals surface area (Å²) >= 11 is 0. The molecule has 0 unspecified atom stereocenters. The third kappa shape index (κ3) is 2.80. The molecule has 9 heavy (non-hydrogen) atoms. The Kier molecular flexibility index (Phi) is 3.60. The van der Waals surface area contributed by atoms with Gasteiger partial charge < -0.3 is 0 Å². The van der Waals surface area contributed by atoms with Crippen LogP contribution in [0.5, 0.6) is 0 Å². The van der Waals surface area contributed by atoms with Crippen LogP contribution in [0.1, 0.15) is 13.8 Å². The fourth-order valence-electron chi connectivity index (χ4n) is 0.466. The summed E-state index contributed by atoms with van der Waals surface area (Å²) in [5, 5.41) is 0. The molecule has 2 nitrogen and oxygen atoms in total. The second-order valence-electron chi connectivity index (χ2n) is 2.05. The predicted octanol–water partition coefficient (Wildman–Crippen LogP) is 1.89. The Morgan fingerprint density at radius 3 is 2.11 bits per heavy atom. The minimum atomic E-state index is 0.382. The molecule has 0 fully saturated rings. The quantitative estimate of drug-likeness (QED) is 0.513. The lowest BCUT2D eigenvalue weighted by atomic mass is 10.1. The van der Waals surface area contributed by atoms with E-state index in [4.69, 9.17) is 0 Å². The van der Waals surface area contributed by atoms with Crippen LogP contribution < -0.4 is 0 Å². The maximum absolute atomic E-state index is 3.75. The Balaban J connectivity index is 4.13. The van der Waals surface area contributed by atoms with E-state index in [-0.39, 0.29) is 0 Å². The lowest BCUT2D eigenvalue weighted by molar-refractivity contribution is 0.757. The zero-order valence-corrected chi connectivity index (χ0v) is 5.96. The Hall–Kier alpha value is -0.920. The van der Waals surface area contributed by atoms with Crippen LogP contribution in [0.15, 0.2) is 21.9 Å². The molecule has 0 atom stereocenters. The zero-order chi connectivity index (χ0) is 7.28. The van der Waals surface area contributed by atoms with E-state index in [0.29, 0.717) is 5.92 Å². The molecule has 0 aromatic carbocycles. The van der Waals surface area contributed by atoms with Crippen LogP contribution in [0.3, 0.4) is 0 Å². The van der Waals surface area contributed by atoms with Crippen molar-refractivity contribution in [3.05, 3.63) is 11.9 Å². The van der Waals surface area contributed by atoms with Crippen LogP contribution >= 0.6 is 0 Å². The molecule has 0 saturated heterocycles. The molecule has 0 bridgehead atoms. The molecule has 0 aliphatic heterocycles. The topological polar surface area (TPSA) is 24.7 Å². The van der Waals surface area contributed by atoms with Gasteiger partial charge in [0.1, 0.15) is 0 Å². The van der Waals surface area contributed by atoms with Crippen molar-refractivity contribution in [1.82, 2.24) is 0 Å². The van der Waals surface area contributed by atoms with Gasteiger partial charge in [-0.1, -0.05) is 13.8 Å². The average Bonchev–Trinajstić information content (AvgIpc) is 1.82. The van der Waals surface area contributed by atoms with E-state index < -0.39 is 0 Å². The van der Waals surface area contributed by atoms with E-state index in [1.807, 2.05) is 13.8 Å². The van der Waals surface area contributed by atoms with E-state index in [9.17, 15) is 0 Å². The van der Waals surface area contributed by atoms with Crippen LogP contribution in [0, 0.1) is 5.92 Å². The molecule has 0 rings (SSSR count). The number of rotatable bonds is 3. The van der Waals surface area contributed by atoms with Crippen LogP contribution in [-0.4, -0.2) is 13.4 Å². The number of allylic oxidation sites excluding steroid dienone is 1. The van der Waals surface area contributed by atoms with Gasteiger partial charge in [-0.2, -0.15) is 0 Å². The highest BCUT2D eigenvalue weighted by Gasteiger charge is 1.96. The number of aliphatic imine (C=N–C) groups is 2. The maximum Gasteiger partial charge on any atom is 0.0603 e. The first-order chi connectivity index (χ1) is 4.22. The fraction of sp³-hybridized carbons (Fsp3) is 0.429. The van der Waals surface area contributed by atoms with Crippen LogP contribution in [0.25, 0.3) is 0 Å². The highest BCUT2D eigenvalue weighted by Crippen LogP contribution is 2.08. The number of nitrogens with zero attached hydrogens (tertiary/aromatic N) is 2. The molecule has 0 heterocycles. The van der Waals surface area contributed by atoms with Gasteiger partial charge in [-0.25, -0.2) is 0 Å². The van der Waals surface area contributed by atoms with Crippen molar-refractivity contribution < 1.29 is 0 Å². The van der Waals surface area contributed by atoms with Crippen LogP contribution in [0.2, 0.25) is 0 Å². The second kappa shape index (κ2) is 4.01. The van der Waals surface area contributed by atoms with Gasteiger partial charge in [0.15, 0.2) is 0 Å². The maximum atomic E-state index is 3.75. The molecule has 0 spiro atoms. The third-order valence-corrected chi connectivity index (χ3v) is 0.998. The average molecular weight is 124 g/mol. The Labute approximate surface area is 56.0 Å². The summed E-state index contributed by atoms with van der Waals surface area (Å²) in [6, 6.07) is 0. The first-order valence-corrected chi connectivity index (χ1v) is 2.85. The van der Waals surface area contributed by atoms with Gasteiger partial charge >= 0.3 is 0 Å². The first-order valence-electron chi connectivity index (χ1n) is 2.85. The van der Waals surface area contributed by atoms with Gasteiger partial charge in [-0.15, -0.1) is 0 Å². The zero-order valence-electron chi connectivity index (χ0n) is 5.96. The summed E-state index contributed by atoms with van der Waals surface area (Å²) < 4.78 is 0. The molecule has 0 amide bonds. The van der Waals surface area contributed by atoms with Crippen molar-refractivity contribution in [1.29, 1.82) is 0 Å². The smallest absolute Gasteiger partial charge is 0.0603 e. The summed E-state index contributed by atoms with van der Waals surface area (Å²) in [5.74, 6) is 0.382. The minimum Gasteiger partial charge on any atom is -0.271 e. The highest BCUT2D eigenvalue weighted by atomic mass is 14.8. The van der Waals surface area contributed by atoms with E-state index in [1.165, 1.54) is 0 Å². The van der Waals surface area contributed by atoms with Crippen molar-refractivity contribution in [2.24, 2.45) is 15.9 Å². The minimum absolute atomic E-state index is 0.382. The first kappa shape index (κ1) is 8.08. The summed E-state index contributed by atoms with van der Waals surface area (Å²) in [4.78, 5) is 7.34. The second-order valence-corrected chi connectivity index (χ2v) is 2.05. The lowest BCUT2D eigenvalue weighted by Crippen LogP contribution is -1.88. The molecule has 0 radical (unpaired) electrons. The molecule has 50 valence electrons. The normalized spacial score (nSPS) is 11.7. The largest absolute Gasteiger partial charge is 0.271 e.